The fourth-order valence-electron chi connectivity index (χ4n) is 3.94. The Bertz CT molecular complexity index is 555. The predicted molar refractivity (Wildman–Crippen MR) is 103 cm³/mol. The summed E-state index contributed by atoms with van der Waals surface area (Å²) in [5.41, 5.74) is 1.29. The Morgan fingerprint density at radius 2 is 1.72 bits per heavy atom. The third kappa shape index (κ3) is 5.70. The molecule has 2 atom stereocenters. The van der Waals surface area contributed by atoms with Gasteiger partial charge in [0.2, 0.25) is 5.91 Å². The molecular formula is C20H30ClN3O. The van der Waals surface area contributed by atoms with Crippen molar-refractivity contribution >= 4 is 17.5 Å². The Hall–Kier alpha value is -1.10. The van der Waals surface area contributed by atoms with Crippen molar-refractivity contribution in [3.05, 3.63) is 34.9 Å². The Balaban J connectivity index is 1.38. The molecule has 1 amide bonds. The first-order chi connectivity index (χ1) is 12.1. The van der Waals surface area contributed by atoms with E-state index in [1.807, 2.05) is 12.1 Å². The lowest BCUT2D eigenvalue weighted by Gasteiger charge is -2.35. The van der Waals surface area contributed by atoms with Crippen molar-refractivity contribution in [2.24, 2.45) is 5.92 Å². The van der Waals surface area contributed by atoms with Crippen LogP contribution >= 0.6 is 11.6 Å². The first kappa shape index (κ1) is 18.7. The molecule has 4 nitrogen and oxygen atoms in total. The van der Waals surface area contributed by atoms with Gasteiger partial charge in [0.15, 0.2) is 0 Å². The fourth-order valence-corrected chi connectivity index (χ4v) is 4.07. The van der Waals surface area contributed by atoms with Crippen LogP contribution in [0.15, 0.2) is 24.3 Å². The van der Waals surface area contributed by atoms with E-state index < -0.39 is 0 Å². The Kier molecular flexibility index (Phi) is 6.74. The van der Waals surface area contributed by atoms with Gasteiger partial charge in [0.05, 0.1) is 6.54 Å². The van der Waals surface area contributed by atoms with Crippen LogP contribution in [0.3, 0.4) is 0 Å². The van der Waals surface area contributed by atoms with Gasteiger partial charge >= 0.3 is 0 Å². The molecule has 0 bridgehead atoms. The molecule has 5 heteroatoms. The van der Waals surface area contributed by atoms with Crippen LogP contribution in [0, 0.1) is 5.92 Å². The van der Waals surface area contributed by atoms with Gasteiger partial charge in [-0.25, -0.2) is 0 Å². The zero-order valence-corrected chi connectivity index (χ0v) is 16.0. The Labute approximate surface area is 156 Å². The van der Waals surface area contributed by atoms with Crippen molar-refractivity contribution in [2.75, 3.05) is 32.7 Å². The van der Waals surface area contributed by atoms with Crippen molar-refractivity contribution in [3.63, 3.8) is 0 Å². The van der Waals surface area contributed by atoms with Gasteiger partial charge in [-0.15, -0.1) is 0 Å². The van der Waals surface area contributed by atoms with Crippen molar-refractivity contribution in [1.82, 2.24) is 15.1 Å². The van der Waals surface area contributed by atoms with E-state index in [2.05, 4.69) is 34.2 Å². The molecule has 138 valence electrons. The van der Waals surface area contributed by atoms with Crippen molar-refractivity contribution < 1.29 is 4.79 Å². The quantitative estimate of drug-likeness (QED) is 0.872. The van der Waals surface area contributed by atoms with Gasteiger partial charge in [0.1, 0.15) is 0 Å². The summed E-state index contributed by atoms with van der Waals surface area (Å²) in [6.07, 6.45) is 4.94. The normalized spacial score (nSPS) is 25.7. The summed E-state index contributed by atoms with van der Waals surface area (Å²) in [6, 6.07) is 8.46. The summed E-state index contributed by atoms with van der Waals surface area (Å²) in [6.45, 7) is 7.70. The highest BCUT2D eigenvalue weighted by atomic mass is 35.5. The highest BCUT2D eigenvalue weighted by molar-refractivity contribution is 6.30. The van der Waals surface area contributed by atoms with E-state index in [1.54, 1.807) is 0 Å². The number of amides is 1. The van der Waals surface area contributed by atoms with E-state index in [9.17, 15) is 4.79 Å². The number of carbonyl (C=O) groups is 1. The number of nitrogens with zero attached hydrogens (tertiary/aromatic N) is 2. The molecule has 1 aliphatic carbocycles. The summed E-state index contributed by atoms with van der Waals surface area (Å²) in [7, 11) is 0. The molecule has 1 aliphatic heterocycles. The highest BCUT2D eigenvalue weighted by Crippen LogP contribution is 2.23. The zero-order chi connectivity index (χ0) is 17.6. The van der Waals surface area contributed by atoms with Gasteiger partial charge in [0, 0.05) is 43.8 Å². The standard InChI is InChI=1S/C20H30ClN3O/c1-16-4-2-3-5-19(16)22-20(25)15-24-12-10-23(11-13-24)14-17-6-8-18(21)9-7-17/h6-9,16,19H,2-5,10-15H2,1H3,(H,22,25)/t16-,19-/m0/s1. The molecule has 0 aromatic heterocycles. The third-order valence-electron chi connectivity index (χ3n) is 5.61. The first-order valence-electron chi connectivity index (χ1n) is 9.58. The van der Waals surface area contributed by atoms with E-state index in [0.717, 1.165) is 44.2 Å². The molecule has 0 radical (unpaired) electrons. The van der Waals surface area contributed by atoms with E-state index >= 15 is 0 Å². The number of piperazine rings is 1. The Morgan fingerprint density at radius 3 is 2.40 bits per heavy atom. The van der Waals surface area contributed by atoms with Crippen LogP contribution in [0.1, 0.15) is 38.2 Å². The molecule has 1 heterocycles. The maximum atomic E-state index is 12.4. The van der Waals surface area contributed by atoms with Crippen LogP contribution in [0.25, 0.3) is 0 Å². The first-order valence-corrected chi connectivity index (χ1v) is 9.96. The SMILES string of the molecule is C[C@H]1CCCC[C@@H]1NC(=O)CN1CCN(Cc2ccc(Cl)cc2)CC1. The second kappa shape index (κ2) is 9.02. The van der Waals surface area contributed by atoms with Crippen molar-refractivity contribution in [3.8, 4) is 0 Å². The predicted octanol–water partition coefficient (Wildman–Crippen LogP) is 3.15. The molecule has 1 saturated heterocycles. The highest BCUT2D eigenvalue weighted by Gasteiger charge is 2.24. The lowest BCUT2D eigenvalue weighted by atomic mass is 9.86. The molecule has 25 heavy (non-hydrogen) atoms. The topological polar surface area (TPSA) is 35.6 Å². The summed E-state index contributed by atoms with van der Waals surface area (Å²) in [5.74, 6) is 0.818. The summed E-state index contributed by atoms with van der Waals surface area (Å²) < 4.78 is 0. The van der Waals surface area contributed by atoms with Crippen LogP contribution in [-0.2, 0) is 11.3 Å². The molecule has 1 aromatic carbocycles. The lowest BCUT2D eigenvalue weighted by molar-refractivity contribution is -0.124. The number of rotatable bonds is 5. The fraction of sp³-hybridized carbons (Fsp3) is 0.650. The number of halogens is 1. The lowest BCUT2D eigenvalue weighted by Crippen LogP contribution is -2.51. The van der Waals surface area contributed by atoms with Crippen LogP contribution in [0.5, 0.6) is 0 Å². The number of hydrogen-bond donors (Lipinski definition) is 1. The number of benzene rings is 1. The smallest absolute Gasteiger partial charge is 0.234 e. The van der Waals surface area contributed by atoms with Gasteiger partial charge in [-0.2, -0.15) is 0 Å². The minimum absolute atomic E-state index is 0.199. The third-order valence-corrected chi connectivity index (χ3v) is 5.86. The second-order valence-electron chi connectivity index (χ2n) is 7.61. The molecule has 1 aromatic rings. The monoisotopic (exact) mass is 363 g/mol. The molecule has 1 saturated carbocycles. The van der Waals surface area contributed by atoms with Crippen LogP contribution in [0.2, 0.25) is 5.02 Å². The molecule has 2 aliphatic rings. The van der Waals surface area contributed by atoms with Gasteiger partial charge in [-0.1, -0.05) is 43.5 Å². The van der Waals surface area contributed by atoms with E-state index in [-0.39, 0.29) is 5.91 Å². The molecule has 0 unspecified atom stereocenters. The average Bonchev–Trinajstić information content (AvgIpc) is 2.61. The van der Waals surface area contributed by atoms with Crippen molar-refractivity contribution in [2.45, 2.75) is 45.2 Å². The largest absolute Gasteiger partial charge is 0.352 e. The molecule has 2 fully saturated rings. The van der Waals surface area contributed by atoms with Gasteiger partial charge < -0.3 is 5.32 Å². The molecule has 1 N–H and O–H groups in total. The van der Waals surface area contributed by atoms with Gasteiger partial charge in [0.25, 0.3) is 0 Å². The molecule has 0 spiro atoms. The van der Waals surface area contributed by atoms with E-state index in [4.69, 9.17) is 11.6 Å². The maximum absolute atomic E-state index is 12.4. The zero-order valence-electron chi connectivity index (χ0n) is 15.2. The Morgan fingerprint density at radius 1 is 1.08 bits per heavy atom. The minimum Gasteiger partial charge on any atom is -0.352 e. The van der Waals surface area contributed by atoms with Gasteiger partial charge in [-0.3, -0.25) is 14.6 Å². The average molecular weight is 364 g/mol. The second-order valence-corrected chi connectivity index (χ2v) is 8.05. The molecule has 3 rings (SSSR count). The number of hydrogen-bond acceptors (Lipinski definition) is 3. The summed E-state index contributed by atoms with van der Waals surface area (Å²) >= 11 is 5.94. The van der Waals surface area contributed by atoms with Crippen LogP contribution in [0.4, 0.5) is 0 Å². The minimum atomic E-state index is 0.199. The van der Waals surface area contributed by atoms with Crippen LogP contribution in [-0.4, -0.2) is 54.5 Å². The number of carbonyl (C=O) groups excluding carboxylic acids is 1. The van der Waals surface area contributed by atoms with Crippen molar-refractivity contribution in [1.29, 1.82) is 0 Å². The summed E-state index contributed by atoms with van der Waals surface area (Å²) in [5, 5.41) is 4.05. The van der Waals surface area contributed by atoms with Gasteiger partial charge in [-0.05, 0) is 36.5 Å². The number of nitrogens with one attached hydrogen (secondary N) is 1. The maximum Gasteiger partial charge on any atom is 0.234 e. The van der Waals surface area contributed by atoms with E-state index in [0.29, 0.717) is 18.5 Å². The van der Waals surface area contributed by atoms with Crippen LogP contribution < -0.4 is 5.32 Å². The van der Waals surface area contributed by atoms with E-state index in [1.165, 1.54) is 24.8 Å². The molecular weight excluding hydrogens is 334 g/mol. The summed E-state index contributed by atoms with van der Waals surface area (Å²) in [4.78, 5) is 17.1.